The lowest BCUT2D eigenvalue weighted by atomic mass is 9.99. The van der Waals surface area contributed by atoms with Crippen molar-refractivity contribution in [2.75, 3.05) is 26.9 Å². The van der Waals surface area contributed by atoms with Crippen LogP contribution in [0, 0.1) is 0 Å². The van der Waals surface area contributed by atoms with Crippen LogP contribution >= 0.6 is 0 Å². The molecule has 0 heterocycles. The fourth-order valence-electron chi connectivity index (χ4n) is 1.70. The van der Waals surface area contributed by atoms with E-state index in [0.717, 1.165) is 5.56 Å². The number of rotatable bonds is 8. The van der Waals surface area contributed by atoms with Crippen molar-refractivity contribution in [3.8, 4) is 0 Å². The standard InChI is InChI=1S/C14H24N2O2/c1-11(2)12-4-6-13(7-5-12)14(16-15)10-18-9-8-17-3/h4-7,11,14,16H,8-10,15H2,1-3H3. The van der Waals surface area contributed by atoms with Gasteiger partial charge in [0.25, 0.3) is 0 Å². The summed E-state index contributed by atoms with van der Waals surface area (Å²) in [6.45, 7) is 6.09. The number of benzene rings is 1. The Bertz CT molecular complexity index is 325. The normalized spacial score (nSPS) is 12.9. The van der Waals surface area contributed by atoms with Gasteiger partial charge in [0.2, 0.25) is 0 Å². The van der Waals surface area contributed by atoms with Crippen molar-refractivity contribution in [1.82, 2.24) is 5.43 Å². The van der Waals surface area contributed by atoms with Crippen molar-refractivity contribution in [3.63, 3.8) is 0 Å². The predicted molar refractivity (Wildman–Crippen MR) is 73.3 cm³/mol. The summed E-state index contributed by atoms with van der Waals surface area (Å²) >= 11 is 0. The van der Waals surface area contributed by atoms with Crippen LogP contribution in [0.15, 0.2) is 24.3 Å². The van der Waals surface area contributed by atoms with Crippen LogP contribution in [0.5, 0.6) is 0 Å². The summed E-state index contributed by atoms with van der Waals surface area (Å²) in [6, 6.07) is 8.49. The molecule has 18 heavy (non-hydrogen) atoms. The maximum atomic E-state index is 5.56. The van der Waals surface area contributed by atoms with Gasteiger partial charge in [0.05, 0.1) is 25.9 Å². The largest absolute Gasteiger partial charge is 0.382 e. The van der Waals surface area contributed by atoms with Crippen LogP contribution in [-0.4, -0.2) is 26.9 Å². The molecular weight excluding hydrogens is 228 g/mol. The quantitative estimate of drug-likeness (QED) is 0.422. The van der Waals surface area contributed by atoms with Crippen molar-refractivity contribution in [2.24, 2.45) is 5.84 Å². The SMILES string of the molecule is COCCOCC(NN)c1ccc(C(C)C)cc1. The lowest BCUT2D eigenvalue weighted by molar-refractivity contribution is 0.0586. The van der Waals surface area contributed by atoms with Crippen LogP contribution in [0.1, 0.15) is 36.9 Å². The summed E-state index contributed by atoms with van der Waals surface area (Å²) in [7, 11) is 1.66. The maximum absolute atomic E-state index is 5.56. The molecule has 0 saturated carbocycles. The Labute approximate surface area is 109 Å². The van der Waals surface area contributed by atoms with Gasteiger partial charge in [-0.3, -0.25) is 11.3 Å². The Kier molecular flexibility index (Phi) is 6.90. The molecule has 0 bridgehead atoms. The minimum absolute atomic E-state index is 0.0167. The second-order valence-electron chi connectivity index (χ2n) is 4.61. The number of methoxy groups -OCH3 is 1. The highest BCUT2D eigenvalue weighted by Crippen LogP contribution is 2.18. The average molecular weight is 252 g/mol. The number of ether oxygens (including phenoxy) is 2. The van der Waals surface area contributed by atoms with Crippen molar-refractivity contribution < 1.29 is 9.47 Å². The molecular formula is C14H24N2O2. The number of hydrazine groups is 1. The molecule has 0 fully saturated rings. The number of nitrogens with one attached hydrogen (secondary N) is 1. The van der Waals surface area contributed by atoms with Gasteiger partial charge in [0, 0.05) is 7.11 Å². The zero-order chi connectivity index (χ0) is 13.4. The average Bonchev–Trinajstić information content (AvgIpc) is 2.39. The highest BCUT2D eigenvalue weighted by molar-refractivity contribution is 5.26. The molecule has 1 rings (SSSR count). The van der Waals surface area contributed by atoms with Crippen molar-refractivity contribution in [3.05, 3.63) is 35.4 Å². The zero-order valence-electron chi connectivity index (χ0n) is 11.5. The smallest absolute Gasteiger partial charge is 0.0701 e. The molecule has 0 amide bonds. The van der Waals surface area contributed by atoms with Crippen LogP contribution in [0.25, 0.3) is 0 Å². The number of hydrogen-bond acceptors (Lipinski definition) is 4. The van der Waals surface area contributed by atoms with E-state index in [2.05, 4.69) is 43.5 Å². The summed E-state index contributed by atoms with van der Waals surface area (Å²) in [6.07, 6.45) is 0. The number of hydrogen-bond donors (Lipinski definition) is 2. The first kappa shape index (κ1) is 15.1. The Morgan fingerprint density at radius 3 is 2.22 bits per heavy atom. The molecule has 1 unspecified atom stereocenters. The number of nitrogens with two attached hydrogens (primary N) is 1. The fourth-order valence-corrected chi connectivity index (χ4v) is 1.70. The molecule has 1 aromatic carbocycles. The summed E-state index contributed by atoms with van der Waals surface area (Å²) in [5.41, 5.74) is 5.24. The van der Waals surface area contributed by atoms with Crippen molar-refractivity contribution in [2.45, 2.75) is 25.8 Å². The molecule has 0 aromatic heterocycles. The van der Waals surface area contributed by atoms with Crippen LogP contribution < -0.4 is 11.3 Å². The van der Waals surface area contributed by atoms with E-state index in [0.29, 0.717) is 25.7 Å². The molecule has 0 radical (unpaired) electrons. The first-order chi connectivity index (χ1) is 8.69. The molecule has 0 spiro atoms. The molecule has 1 aromatic rings. The Morgan fingerprint density at radius 2 is 1.72 bits per heavy atom. The second-order valence-corrected chi connectivity index (χ2v) is 4.61. The highest BCUT2D eigenvalue weighted by Gasteiger charge is 2.10. The van der Waals surface area contributed by atoms with Gasteiger partial charge >= 0.3 is 0 Å². The predicted octanol–water partition coefficient (Wildman–Crippen LogP) is 1.98. The molecule has 0 aliphatic heterocycles. The lowest BCUT2D eigenvalue weighted by Gasteiger charge is -2.17. The Balaban J connectivity index is 2.53. The van der Waals surface area contributed by atoms with Crippen molar-refractivity contribution >= 4 is 0 Å². The third kappa shape index (κ3) is 4.74. The minimum Gasteiger partial charge on any atom is -0.382 e. The second kappa shape index (κ2) is 8.21. The van der Waals surface area contributed by atoms with Gasteiger partial charge in [0.15, 0.2) is 0 Å². The molecule has 0 aliphatic rings. The van der Waals surface area contributed by atoms with E-state index in [1.807, 2.05) is 0 Å². The highest BCUT2D eigenvalue weighted by atomic mass is 16.5. The molecule has 102 valence electrons. The molecule has 0 saturated heterocycles. The monoisotopic (exact) mass is 252 g/mol. The van der Waals surface area contributed by atoms with Gasteiger partial charge in [0.1, 0.15) is 0 Å². The topological polar surface area (TPSA) is 56.5 Å². The Hall–Kier alpha value is -0.940. The molecule has 3 N–H and O–H groups in total. The van der Waals surface area contributed by atoms with Crippen molar-refractivity contribution in [1.29, 1.82) is 0 Å². The molecule has 0 aliphatic carbocycles. The molecule has 4 nitrogen and oxygen atoms in total. The van der Waals surface area contributed by atoms with E-state index in [1.54, 1.807) is 7.11 Å². The van der Waals surface area contributed by atoms with E-state index < -0.39 is 0 Å². The van der Waals surface area contributed by atoms with Crippen LogP contribution in [0.4, 0.5) is 0 Å². The first-order valence-corrected chi connectivity index (χ1v) is 6.31. The third-order valence-corrected chi connectivity index (χ3v) is 2.92. The van der Waals surface area contributed by atoms with Gasteiger partial charge in [-0.25, -0.2) is 0 Å². The summed E-state index contributed by atoms with van der Waals surface area (Å²) < 4.78 is 10.4. The van der Waals surface area contributed by atoms with Gasteiger partial charge in [-0.15, -0.1) is 0 Å². The molecule has 4 heteroatoms. The first-order valence-electron chi connectivity index (χ1n) is 6.31. The lowest BCUT2D eigenvalue weighted by Crippen LogP contribution is -2.31. The van der Waals surface area contributed by atoms with Gasteiger partial charge in [-0.05, 0) is 17.0 Å². The third-order valence-electron chi connectivity index (χ3n) is 2.92. The van der Waals surface area contributed by atoms with E-state index >= 15 is 0 Å². The van der Waals surface area contributed by atoms with Gasteiger partial charge < -0.3 is 9.47 Å². The maximum Gasteiger partial charge on any atom is 0.0701 e. The minimum atomic E-state index is 0.0167. The van der Waals surface area contributed by atoms with E-state index in [9.17, 15) is 0 Å². The zero-order valence-corrected chi connectivity index (χ0v) is 11.5. The summed E-state index contributed by atoms with van der Waals surface area (Å²) in [5.74, 6) is 6.10. The van der Waals surface area contributed by atoms with E-state index in [-0.39, 0.29) is 6.04 Å². The van der Waals surface area contributed by atoms with Crippen LogP contribution in [0.3, 0.4) is 0 Å². The van der Waals surface area contributed by atoms with Crippen LogP contribution in [0.2, 0.25) is 0 Å². The van der Waals surface area contributed by atoms with Crippen LogP contribution in [-0.2, 0) is 9.47 Å². The Morgan fingerprint density at radius 1 is 1.11 bits per heavy atom. The molecule has 1 atom stereocenters. The summed E-state index contributed by atoms with van der Waals surface area (Å²) in [4.78, 5) is 0. The van der Waals surface area contributed by atoms with E-state index in [4.69, 9.17) is 15.3 Å². The van der Waals surface area contributed by atoms with Gasteiger partial charge in [-0.1, -0.05) is 38.1 Å². The summed E-state index contributed by atoms with van der Waals surface area (Å²) in [5, 5.41) is 0. The van der Waals surface area contributed by atoms with E-state index in [1.165, 1.54) is 5.56 Å². The van der Waals surface area contributed by atoms with Gasteiger partial charge in [-0.2, -0.15) is 0 Å². The fraction of sp³-hybridized carbons (Fsp3) is 0.571.